The quantitative estimate of drug-likeness (QED) is 0.497. The number of primary sulfonamides is 1. The van der Waals surface area contributed by atoms with Gasteiger partial charge in [0, 0.05) is 10.4 Å². The molecule has 4 rings (SSSR count). The number of methoxy groups -OCH3 is 1. The van der Waals surface area contributed by atoms with E-state index in [0.717, 1.165) is 9.78 Å². The van der Waals surface area contributed by atoms with Crippen LogP contribution in [0.3, 0.4) is 0 Å². The summed E-state index contributed by atoms with van der Waals surface area (Å²) in [4.78, 5) is 42.8. The highest BCUT2D eigenvalue weighted by Crippen LogP contribution is 2.29. The van der Waals surface area contributed by atoms with E-state index in [2.05, 4.69) is 0 Å². The van der Waals surface area contributed by atoms with E-state index in [9.17, 15) is 22.8 Å². The fourth-order valence-corrected chi connectivity index (χ4v) is 4.95. The first kappa shape index (κ1) is 23.6. The van der Waals surface area contributed by atoms with Crippen LogP contribution in [0, 0.1) is 0 Å². The number of nitrogens with two attached hydrogens (primary N) is 1. The summed E-state index contributed by atoms with van der Waals surface area (Å²) in [5.41, 5.74) is 0.530. The van der Waals surface area contributed by atoms with Crippen molar-refractivity contribution in [2.75, 3.05) is 12.0 Å². The Bertz CT molecular complexity index is 1340. The molecular formula is C23H21N3O6S2. The van der Waals surface area contributed by atoms with Crippen LogP contribution in [0.5, 0.6) is 5.75 Å². The van der Waals surface area contributed by atoms with Crippen LogP contribution in [0.25, 0.3) is 0 Å². The number of nitrogens with zero attached hydrogens (tertiary/aromatic N) is 2. The highest BCUT2D eigenvalue weighted by atomic mass is 32.2. The number of anilines is 1. The molecule has 3 amide bonds. The van der Waals surface area contributed by atoms with Gasteiger partial charge in [-0.2, -0.15) is 0 Å². The van der Waals surface area contributed by atoms with E-state index in [4.69, 9.17) is 9.88 Å². The maximum absolute atomic E-state index is 13.5. The molecule has 1 atom stereocenters. The monoisotopic (exact) mass is 499 g/mol. The molecule has 34 heavy (non-hydrogen) atoms. The summed E-state index contributed by atoms with van der Waals surface area (Å²) >= 11 is 1.44. The number of hydrogen-bond donors (Lipinski definition) is 1. The number of imide groups is 1. The van der Waals surface area contributed by atoms with E-state index in [1.54, 1.807) is 24.3 Å². The summed E-state index contributed by atoms with van der Waals surface area (Å²) < 4.78 is 28.3. The highest BCUT2D eigenvalue weighted by molar-refractivity contribution is 7.89. The molecule has 1 fully saturated rings. The fraction of sp³-hybridized carbons (Fsp3) is 0.174. The van der Waals surface area contributed by atoms with E-state index in [1.165, 1.54) is 47.6 Å². The highest BCUT2D eigenvalue weighted by Gasteiger charge is 2.44. The van der Waals surface area contributed by atoms with Crippen LogP contribution in [0.1, 0.15) is 21.7 Å². The van der Waals surface area contributed by atoms with Crippen molar-refractivity contribution in [3.05, 3.63) is 76.5 Å². The van der Waals surface area contributed by atoms with Gasteiger partial charge in [0.15, 0.2) is 0 Å². The second-order valence-corrected chi connectivity index (χ2v) is 10.2. The average molecular weight is 500 g/mol. The zero-order valence-corrected chi connectivity index (χ0v) is 19.7. The van der Waals surface area contributed by atoms with Gasteiger partial charge in [-0.05, 0) is 53.9 Å². The second-order valence-electron chi connectivity index (χ2n) is 7.57. The maximum Gasteiger partial charge on any atom is 0.257 e. The summed E-state index contributed by atoms with van der Waals surface area (Å²) in [5.74, 6) is -0.980. The molecule has 0 spiro atoms. The number of thiophene rings is 1. The van der Waals surface area contributed by atoms with Crippen molar-refractivity contribution in [2.45, 2.75) is 23.9 Å². The largest absolute Gasteiger partial charge is 0.497 e. The molecule has 1 aliphatic heterocycles. The zero-order valence-electron chi connectivity index (χ0n) is 18.1. The Morgan fingerprint density at radius 1 is 1.15 bits per heavy atom. The molecule has 0 radical (unpaired) electrons. The molecule has 1 saturated heterocycles. The third-order valence-corrected chi connectivity index (χ3v) is 7.20. The van der Waals surface area contributed by atoms with Gasteiger partial charge in [0.25, 0.3) is 11.8 Å². The normalized spacial score (nSPS) is 16.1. The molecule has 176 valence electrons. The number of rotatable bonds is 7. The molecule has 0 saturated carbocycles. The van der Waals surface area contributed by atoms with Crippen LogP contribution >= 0.6 is 11.3 Å². The number of carbonyl (C=O) groups is 3. The van der Waals surface area contributed by atoms with Gasteiger partial charge in [0.2, 0.25) is 15.9 Å². The predicted molar refractivity (Wildman–Crippen MR) is 126 cm³/mol. The molecule has 2 N–H and O–H groups in total. The zero-order chi connectivity index (χ0) is 24.5. The topological polar surface area (TPSA) is 127 Å². The Morgan fingerprint density at radius 2 is 1.88 bits per heavy atom. The SMILES string of the molecule is COc1cccc(C(=O)N(Cc2cccs2)C2CC(=O)N(c3ccc(S(N)(=O)=O)cc3)C2=O)c1. The molecule has 0 aliphatic carbocycles. The van der Waals surface area contributed by atoms with E-state index in [1.807, 2.05) is 17.5 Å². The number of carbonyl (C=O) groups excluding carboxylic acids is 3. The van der Waals surface area contributed by atoms with Gasteiger partial charge in [-0.15, -0.1) is 11.3 Å². The number of sulfonamides is 1. The Balaban J connectivity index is 1.67. The van der Waals surface area contributed by atoms with Crippen LogP contribution in [-0.2, 0) is 26.2 Å². The predicted octanol–water partition coefficient (Wildman–Crippen LogP) is 2.38. The van der Waals surface area contributed by atoms with E-state index >= 15 is 0 Å². The van der Waals surface area contributed by atoms with Gasteiger partial charge in [-0.25, -0.2) is 18.5 Å². The first-order valence-corrected chi connectivity index (χ1v) is 12.6. The fourth-order valence-electron chi connectivity index (χ4n) is 3.73. The molecule has 1 aromatic heterocycles. The van der Waals surface area contributed by atoms with Gasteiger partial charge >= 0.3 is 0 Å². The van der Waals surface area contributed by atoms with Gasteiger partial charge in [-0.1, -0.05) is 12.1 Å². The summed E-state index contributed by atoms with van der Waals surface area (Å²) in [7, 11) is -2.43. The van der Waals surface area contributed by atoms with Crippen molar-refractivity contribution < 1.29 is 27.5 Å². The van der Waals surface area contributed by atoms with Crippen LogP contribution in [0.15, 0.2) is 70.9 Å². The second kappa shape index (κ2) is 9.37. The van der Waals surface area contributed by atoms with Crippen molar-refractivity contribution in [3.8, 4) is 5.75 Å². The van der Waals surface area contributed by atoms with Crippen molar-refractivity contribution in [3.63, 3.8) is 0 Å². The Kier molecular flexibility index (Phi) is 6.51. The summed E-state index contributed by atoms with van der Waals surface area (Å²) in [6.07, 6.45) is -0.198. The number of hydrogen-bond acceptors (Lipinski definition) is 7. The smallest absolute Gasteiger partial charge is 0.257 e. The van der Waals surface area contributed by atoms with E-state index in [-0.39, 0.29) is 23.5 Å². The van der Waals surface area contributed by atoms with Crippen LogP contribution in [0.2, 0.25) is 0 Å². The lowest BCUT2D eigenvalue weighted by Gasteiger charge is -2.27. The lowest BCUT2D eigenvalue weighted by Crippen LogP contribution is -2.45. The molecule has 1 aliphatic rings. The first-order valence-electron chi connectivity index (χ1n) is 10.2. The van der Waals surface area contributed by atoms with Crippen LogP contribution < -0.4 is 14.8 Å². The molecule has 3 aromatic rings. The standard InChI is InChI=1S/C23H21N3O6S2/c1-32-17-5-2-4-15(12-17)22(28)25(14-18-6-3-11-33-18)20-13-21(27)26(23(20)29)16-7-9-19(10-8-16)34(24,30)31/h2-12,20H,13-14H2,1H3,(H2,24,30,31). The third kappa shape index (κ3) is 4.72. The summed E-state index contributed by atoms with van der Waals surface area (Å²) in [5, 5.41) is 6.99. The minimum Gasteiger partial charge on any atom is -0.497 e. The first-order chi connectivity index (χ1) is 16.2. The van der Waals surface area contributed by atoms with E-state index < -0.39 is 33.8 Å². The Morgan fingerprint density at radius 3 is 2.50 bits per heavy atom. The molecule has 1 unspecified atom stereocenters. The molecular weight excluding hydrogens is 478 g/mol. The Labute approximate surface area is 200 Å². The third-order valence-electron chi connectivity index (χ3n) is 5.41. The molecule has 9 nitrogen and oxygen atoms in total. The lowest BCUT2D eigenvalue weighted by atomic mass is 10.1. The summed E-state index contributed by atoms with van der Waals surface area (Å²) in [6, 6.07) is 14.4. The lowest BCUT2D eigenvalue weighted by molar-refractivity contribution is -0.122. The van der Waals surface area contributed by atoms with E-state index in [0.29, 0.717) is 11.3 Å². The number of amides is 3. The average Bonchev–Trinajstić information content (AvgIpc) is 3.44. The van der Waals surface area contributed by atoms with Crippen molar-refractivity contribution in [1.29, 1.82) is 0 Å². The van der Waals surface area contributed by atoms with Crippen molar-refractivity contribution in [1.82, 2.24) is 4.90 Å². The Hall–Kier alpha value is -3.54. The van der Waals surface area contributed by atoms with Gasteiger partial charge in [-0.3, -0.25) is 14.4 Å². The van der Waals surface area contributed by atoms with Gasteiger partial charge in [0.05, 0.1) is 30.7 Å². The molecule has 2 aromatic carbocycles. The van der Waals surface area contributed by atoms with Gasteiger partial charge in [0.1, 0.15) is 11.8 Å². The van der Waals surface area contributed by atoms with Gasteiger partial charge < -0.3 is 9.64 Å². The maximum atomic E-state index is 13.5. The minimum absolute atomic E-state index is 0.139. The minimum atomic E-state index is -3.92. The molecule has 2 heterocycles. The number of ether oxygens (including phenoxy) is 1. The van der Waals surface area contributed by atoms with Crippen molar-refractivity contribution in [2.24, 2.45) is 5.14 Å². The summed E-state index contributed by atoms with van der Waals surface area (Å²) in [6.45, 7) is 0.148. The van der Waals surface area contributed by atoms with Crippen LogP contribution in [0.4, 0.5) is 5.69 Å². The van der Waals surface area contributed by atoms with Crippen LogP contribution in [-0.4, -0.2) is 44.2 Å². The van der Waals surface area contributed by atoms with Crippen molar-refractivity contribution >= 4 is 44.8 Å². The molecule has 0 bridgehead atoms. The molecule has 11 heteroatoms. The number of benzene rings is 2.